The molecular weight excluding hydrogens is 258 g/mol. The molecule has 1 amide bonds. The van der Waals surface area contributed by atoms with Crippen molar-refractivity contribution in [2.75, 3.05) is 12.4 Å². The van der Waals surface area contributed by atoms with Crippen LogP contribution in [-0.4, -0.2) is 24.1 Å². The highest BCUT2D eigenvalue weighted by Crippen LogP contribution is 2.15. The van der Waals surface area contributed by atoms with Crippen molar-refractivity contribution in [1.82, 2.24) is 0 Å². The molecular formula is C15H13NO4. The van der Waals surface area contributed by atoms with Gasteiger partial charge >= 0.3 is 5.97 Å². The number of carbonyl (C=O) groups is 2. The fraction of sp³-hybridized carbons (Fsp3) is 0.0667. The molecule has 2 aromatic carbocycles. The molecule has 0 spiro atoms. The number of phenolic OH excluding ortho intramolecular Hbond substituents is 1. The highest BCUT2D eigenvalue weighted by Gasteiger charge is 2.09. The van der Waals surface area contributed by atoms with Crippen LogP contribution < -0.4 is 5.32 Å². The number of ether oxygens (including phenoxy) is 1. The molecule has 102 valence electrons. The molecule has 0 aliphatic rings. The van der Waals surface area contributed by atoms with E-state index in [1.54, 1.807) is 30.3 Å². The first-order chi connectivity index (χ1) is 9.60. The number of hydrogen-bond acceptors (Lipinski definition) is 4. The summed E-state index contributed by atoms with van der Waals surface area (Å²) in [4.78, 5) is 23.4. The minimum atomic E-state index is -0.474. The predicted molar refractivity (Wildman–Crippen MR) is 73.8 cm³/mol. The maximum atomic E-state index is 12.0. The number of anilines is 1. The number of amides is 1. The summed E-state index contributed by atoms with van der Waals surface area (Å²) in [5.74, 6) is -0.831. The van der Waals surface area contributed by atoms with Crippen LogP contribution in [0.25, 0.3) is 0 Å². The number of phenols is 1. The molecule has 20 heavy (non-hydrogen) atoms. The number of benzene rings is 2. The summed E-state index contributed by atoms with van der Waals surface area (Å²) in [5, 5.41) is 12.0. The van der Waals surface area contributed by atoms with Crippen molar-refractivity contribution in [2.45, 2.75) is 0 Å². The predicted octanol–water partition coefficient (Wildman–Crippen LogP) is 2.43. The molecule has 0 aliphatic carbocycles. The zero-order chi connectivity index (χ0) is 14.5. The molecule has 0 radical (unpaired) electrons. The van der Waals surface area contributed by atoms with E-state index < -0.39 is 5.97 Å². The molecule has 0 unspecified atom stereocenters. The third-order valence-electron chi connectivity index (χ3n) is 2.65. The maximum Gasteiger partial charge on any atom is 0.337 e. The maximum absolute atomic E-state index is 12.0. The van der Waals surface area contributed by atoms with Gasteiger partial charge in [-0.3, -0.25) is 4.79 Å². The Morgan fingerprint density at radius 2 is 1.75 bits per heavy atom. The summed E-state index contributed by atoms with van der Waals surface area (Å²) >= 11 is 0. The highest BCUT2D eigenvalue weighted by atomic mass is 16.5. The van der Waals surface area contributed by atoms with E-state index >= 15 is 0 Å². The molecule has 0 heterocycles. The smallest absolute Gasteiger partial charge is 0.337 e. The van der Waals surface area contributed by atoms with Gasteiger partial charge in [-0.1, -0.05) is 12.1 Å². The van der Waals surface area contributed by atoms with E-state index in [1.807, 2.05) is 0 Å². The number of carbonyl (C=O) groups excluding carboxylic acids is 2. The van der Waals surface area contributed by atoms with Gasteiger partial charge in [-0.2, -0.15) is 0 Å². The third-order valence-corrected chi connectivity index (χ3v) is 2.65. The Morgan fingerprint density at radius 3 is 2.45 bits per heavy atom. The van der Waals surface area contributed by atoms with Gasteiger partial charge in [-0.05, 0) is 36.4 Å². The molecule has 2 N–H and O–H groups in total. The summed E-state index contributed by atoms with van der Waals surface area (Å²) in [6.07, 6.45) is 0. The monoisotopic (exact) mass is 271 g/mol. The van der Waals surface area contributed by atoms with E-state index in [1.165, 1.54) is 25.3 Å². The SMILES string of the molecule is COC(=O)c1cccc(NC(=O)c2cccc(O)c2)c1. The molecule has 5 heteroatoms. The second kappa shape index (κ2) is 5.88. The lowest BCUT2D eigenvalue weighted by molar-refractivity contribution is 0.0600. The van der Waals surface area contributed by atoms with Gasteiger partial charge in [-0.25, -0.2) is 4.79 Å². The van der Waals surface area contributed by atoms with Crippen LogP contribution in [-0.2, 0) is 4.74 Å². The molecule has 0 saturated heterocycles. The number of aromatic hydroxyl groups is 1. The van der Waals surface area contributed by atoms with Gasteiger partial charge in [-0.15, -0.1) is 0 Å². The summed E-state index contributed by atoms with van der Waals surface area (Å²) in [6, 6.07) is 12.4. The van der Waals surface area contributed by atoms with Gasteiger partial charge in [0.05, 0.1) is 12.7 Å². The van der Waals surface area contributed by atoms with E-state index in [-0.39, 0.29) is 11.7 Å². The van der Waals surface area contributed by atoms with E-state index in [2.05, 4.69) is 10.1 Å². The quantitative estimate of drug-likeness (QED) is 0.841. The largest absolute Gasteiger partial charge is 0.508 e. The molecule has 2 aromatic rings. The Labute approximate surface area is 115 Å². The van der Waals surface area contributed by atoms with Crippen LogP contribution in [0.1, 0.15) is 20.7 Å². The summed E-state index contributed by atoms with van der Waals surface area (Å²) in [7, 11) is 1.29. The van der Waals surface area contributed by atoms with Gasteiger partial charge in [0.1, 0.15) is 5.75 Å². The Balaban J connectivity index is 2.18. The highest BCUT2D eigenvalue weighted by molar-refractivity contribution is 6.05. The van der Waals surface area contributed by atoms with Crippen LogP contribution in [0.4, 0.5) is 5.69 Å². The van der Waals surface area contributed by atoms with Crippen LogP contribution in [0.15, 0.2) is 48.5 Å². The number of rotatable bonds is 3. The Bertz CT molecular complexity index is 652. The second-order valence-corrected chi connectivity index (χ2v) is 4.08. The van der Waals surface area contributed by atoms with E-state index in [0.717, 1.165) is 0 Å². The molecule has 0 aliphatic heterocycles. The lowest BCUT2D eigenvalue weighted by Gasteiger charge is -2.07. The van der Waals surface area contributed by atoms with Crippen molar-refractivity contribution in [3.05, 3.63) is 59.7 Å². The normalized spacial score (nSPS) is 9.85. The Kier molecular flexibility index (Phi) is 4.00. The fourth-order valence-electron chi connectivity index (χ4n) is 1.69. The standard InChI is InChI=1S/C15H13NO4/c1-20-15(19)11-5-2-6-12(8-11)16-14(18)10-4-3-7-13(17)9-10/h2-9,17H,1H3,(H,16,18). The molecule has 0 bridgehead atoms. The average Bonchev–Trinajstić information content (AvgIpc) is 2.46. The average molecular weight is 271 g/mol. The number of esters is 1. The zero-order valence-electron chi connectivity index (χ0n) is 10.8. The Hall–Kier alpha value is -2.82. The molecule has 0 atom stereocenters. The minimum Gasteiger partial charge on any atom is -0.508 e. The zero-order valence-corrected chi connectivity index (χ0v) is 10.8. The lowest BCUT2D eigenvalue weighted by atomic mass is 10.1. The lowest BCUT2D eigenvalue weighted by Crippen LogP contribution is -2.12. The first kappa shape index (κ1) is 13.6. The van der Waals surface area contributed by atoms with Crippen LogP contribution >= 0.6 is 0 Å². The molecule has 0 aromatic heterocycles. The van der Waals surface area contributed by atoms with Gasteiger partial charge in [0, 0.05) is 11.3 Å². The fourth-order valence-corrected chi connectivity index (χ4v) is 1.69. The topological polar surface area (TPSA) is 75.6 Å². The molecule has 0 saturated carbocycles. The summed E-state index contributed by atoms with van der Waals surface area (Å²) in [5.41, 5.74) is 1.15. The van der Waals surface area contributed by atoms with Crippen LogP contribution in [0.5, 0.6) is 5.75 Å². The summed E-state index contributed by atoms with van der Waals surface area (Å²) in [6.45, 7) is 0. The summed E-state index contributed by atoms with van der Waals surface area (Å²) < 4.78 is 4.61. The van der Waals surface area contributed by atoms with Crippen LogP contribution in [0.3, 0.4) is 0 Å². The van der Waals surface area contributed by atoms with Crippen molar-refractivity contribution in [1.29, 1.82) is 0 Å². The Morgan fingerprint density at radius 1 is 1.05 bits per heavy atom. The molecule has 5 nitrogen and oxygen atoms in total. The number of methoxy groups -OCH3 is 1. The van der Waals surface area contributed by atoms with Crippen LogP contribution in [0.2, 0.25) is 0 Å². The first-order valence-electron chi connectivity index (χ1n) is 5.89. The van der Waals surface area contributed by atoms with Crippen molar-refractivity contribution >= 4 is 17.6 Å². The van der Waals surface area contributed by atoms with Gasteiger partial charge < -0.3 is 15.2 Å². The van der Waals surface area contributed by atoms with Gasteiger partial charge in [0.2, 0.25) is 0 Å². The van der Waals surface area contributed by atoms with Crippen molar-refractivity contribution in [3.8, 4) is 5.75 Å². The van der Waals surface area contributed by atoms with Gasteiger partial charge in [0.15, 0.2) is 0 Å². The molecule has 2 rings (SSSR count). The van der Waals surface area contributed by atoms with Crippen molar-refractivity contribution in [3.63, 3.8) is 0 Å². The van der Waals surface area contributed by atoms with Crippen LogP contribution in [0, 0.1) is 0 Å². The first-order valence-corrected chi connectivity index (χ1v) is 5.89. The van der Waals surface area contributed by atoms with E-state index in [0.29, 0.717) is 16.8 Å². The second-order valence-electron chi connectivity index (χ2n) is 4.08. The molecule has 0 fully saturated rings. The van der Waals surface area contributed by atoms with Gasteiger partial charge in [0.25, 0.3) is 5.91 Å². The number of nitrogens with one attached hydrogen (secondary N) is 1. The third kappa shape index (κ3) is 3.14. The van der Waals surface area contributed by atoms with Crippen molar-refractivity contribution < 1.29 is 19.4 Å². The van der Waals surface area contributed by atoms with E-state index in [4.69, 9.17) is 0 Å². The van der Waals surface area contributed by atoms with Crippen molar-refractivity contribution in [2.24, 2.45) is 0 Å². The number of hydrogen-bond donors (Lipinski definition) is 2. The van der Waals surface area contributed by atoms with E-state index in [9.17, 15) is 14.7 Å². The minimum absolute atomic E-state index is 0.0148.